The summed E-state index contributed by atoms with van der Waals surface area (Å²) in [6.07, 6.45) is 15.6. The van der Waals surface area contributed by atoms with Gasteiger partial charge in [0, 0.05) is 39.5 Å². The Kier molecular flexibility index (Phi) is 7.79. The highest BCUT2D eigenvalue weighted by molar-refractivity contribution is 6.05. The monoisotopic (exact) mass is 766 g/mol. The van der Waals surface area contributed by atoms with Crippen molar-refractivity contribution in [2.75, 3.05) is 0 Å². The molecule has 0 fully saturated rings. The molecule has 4 nitrogen and oxygen atoms in total. The second-order valence-corrected chi connectivity index (χ2v) is 16.0. The predicted octanol–water partition coefficient (Wildman–Crippen LogP) is 13.1. The highest BCUT2D eigenvalue weighted by atomic mass is 15.0. The largest absolute Gasteiger partial charge is 0.372 e. The number of aryl methyl sites for hydroxylation is 1. The van der Waals surface area contributed by atoms with Crippen molar-refractivity contribution in [3.8, 4) is 22.5 Å². The molecule has 0 spiro atoms. The van der Waals surface area contributed by atoms with Gasteiger partial charge in [-0.2, -0.15) is 0 Å². The SMILES string of the molecule is Cc1ccc2ccccc2c1C1=CNC2=C(C=C1)C=CC1=CC=C(c3ccc4ccc(-c5ccc6ccc7ccc(-c8cccc9ccccc89)nc7c6n5)cc4c3)NC12. The fourth-order valence-electron chi connectivity index (χ4n) is 9.29. The molecule has 0 amide bonds. The van der Waals surface area contributed by atoms with Crippen LogP contribution in [0.15, 0.2) is 211 Å². The number of hydrogen-bond donors (Lipinski definition) is 2. The number of pyridine rings is 2. The highest BCUT2D eigenvalue weighted by Gasteiger charge is 2.27. The summed E-state index contributed by atoms with van der Waals surface area (Å²) in [7, 11) is 0. The third-order valence-electron chi connectivity index (χ3n) is 12.4. The summed E-state index contributed by atoms with van der Waals surface area (Å²) >= 11 is 0. The number of aromatic nitrogens is 2. The van der Waals surface area contributed by atoms with Gasteiger partial charge >= 0.3 is 0 Å². The zero-order valence-corrected chi connectivity index (χ0v) is 32.9. The van der Waals surface area contributed by atoms with E-state index in [2.05, 4.69) is 212 Å². The van der Waals surface area contributed by atoms with Crippen LogP contribution in [-0.2, 0) is 0 Å². The number of fused-ring (bicyclic) bond motifs is 8. The third-order valence-corrected chi connectivity index (χ3v) is 12.4. The summed E-state index contributed by atoms with van der Waals surface area (Å²) in [5.41, 5.74) is 15.4. The summed E-state index contributed by atoms with van der Waals surface area (Å²) < 4.78 is 0. The van der Waals surface area contributed by atoms with E-state index in [1.54, 1.807) is 0 Å². The van der Waals surface area contributed by atoms with E-state index in [0.29, 0.717) is 0 Å². The number of benzene rings is 7. The van der Waals surface area contributed by atoms with Gasteiger partial charge in [-0.15, -0.1) is 0 Å². The molecular weight excluding hydrogens is 729 g/mol. The topological polar surface area (TPSA) is 49.8 Å². The van der Waals surface area contributed by atoms with Crippen molar-refractivity contribution in [3.05, 3.63) is 228 Å². The van der Waals surface area contributed by atoms with Gasteiger partial charge < -0.3 is 10.6 Å². The fourth-order valence-corrected chi connectivity index (χ4v) is 9.29. The van der Waals surface area contributed by atoms with Crippen LogP contribution in [0.1, 0.15) is 16.7 Å². The lowest BCUT2D eigenvalue weighted by molar-refractivity contribution is 0.721. The molecule has 1 aliphatic carbocycles. The standard InChI is InChI=1S/C56H38N4/c1-34-13-14-37-8-3-5-11-47(37)52(34)44-24-21-38-17-18-39-25-28-49(58-54(39)53(38)57-33-44)42-22-15-35-16-23-43(32-45(35)31-42)50-29-26-40-19-20-41-27-30-51(60-56(41)55(40)59-50)48-12-6-9-36-7-2-4-10-46(36)48/h2-33,54,57-58H,1H3. The number of dihydropyridines is 1. The maximum absolute atomic E-state index is 5.30. The number of hydrogen-bond acceptors (Lipinski definition) is 4. The molecule has 0 saturated carbocycles. The first-order chi connectivity index (χ1) is 29.6. The number of nitrogens with zero attached hydrogens (tertiary/aromatic N) is 2. The van der Waals surface area contributed by atoms with Crippen molar-refractivity contribution < 1.29 is 0 Å². The third kappa shape index (κ3) is 5.68. The molecule has 4 heteroatoms. The molecule has 4 heterocycles. The number of nitrogens with one attached hydrogen (secondary N) is 2. The smallest absolute Gasteiger partial charge is 0.0972 e. The second-order valence-electron chi connectivity index (χ2n) is 16.0. The molecule has 9 aromatic rings. The first-order valence-electron chi connectivity index (χ1n) is 20.6. The first-order valence-corrected chi connectivity index (χ1v) is 20.6. The quantitative estimate of drug-likeness (QED) is 0.175. The Balaban J connectivity index is 0.864. The van der Waals surface area contributed by atoms with Crippen LogP contribution in [0.3, 0.4) is 0 Å². The second kappa shape index (κ2) is 13.6. The first kappa shape index (κ1) is 34.2. The average Bonchev–Trinajstić information content (AvgIpc) is 3.53. The Morgan fingerprint density at radius 3 is 2.00 bits per heavy atom. The molecule has 60 heavy (non-hydrogen) atoms. The van der Waals surface area contributed by atoms with Crippen LogP contribution in [0.4, 0.5) is 0 Å². The average molecular weight is 767 g/mol. The molecule has 0 bridgehead atoms. The molecule has 2 N–H and O–H groups in total. The van der Waals surface area contributed by atoms with Crippen LogP contribution in [0.25, 0.3) is 87.9 Å². The lowest BCUT2D eigenvalue weighted by Gasteiger charge is -2.31. The predicted molar refractivity (Wildman–Crippen MR) is 251 cm³/mol. The van der Waals surface area contributed by atoms with Gasteiger partial charge in [0.1, 0.15) is 0 Å². The van der Waals surface area contributed by atoms with Crippen LogP contribution >= 0.6 is 0 Å². The van der Waals surface area contributed by atoms with Crippen LogP contribution < -0.4 is 10.6 Å². The van der Waals surface area contributed by atoms with Gasteiger partial charge in [0.25, 0.3) is 0 Å². The van der Waals surface area contributed by atoms with E-state index >= 15 is 0 Å². The minimum absolute atomic E-state index is 0.00717. The molecule has 0 radical (unpaired) electrons. The fraction of sp³-hybridized carbons (Fsp3) is 0.0357. The van der Waals surface area contributed by atoms with Gasteiger partial charge in [-0.3, -0.25) is 0 Å². The summed E-state index contributed by atoms with van der Waals surface area (Å²) in [6.45, 7) is 2.20. The lowest BCUT2D eigenvalue weighted by Crippen LogP contribution is -2.39. The van der Waals surface area contributed by atoms with E-state index in [1.807, 2.05) is 0 Å². The molecule has 1 atom stereocenters. The van der Waals surface area contributed by atoms with E-state index in [0.717, 1.165) is 66.7 Å². The van der Waals surface area contributed by atoms with Crippen LogP contribution in [-0.4, -0.2) is 16.0 Å². The van der Waals surface area contributed by atoms with Gasteiger partial charge in [-0.25, -0.2) is 9.97 Å². The minimum atomic E-state index is -0.00717. The minimum Gasteiger partial charge on any atom is -0.372 e. The van der Waals surface area contributed by atoms with Crippen molar-refractivity contribution in [3.63, 3.8) is 0 Å². The summed E-state index contributed by atoms with van der Waals surface area (Å²) in [5, 5.41) is 17.1. The van der Waals surface area contributed by atoms with Gasteiger partial charge in [0.05, 0.1) is 28.5 Å². The molecule has 0 saturated heterocycles. The van der Waals surface area contributed by atoms with E-state index in [4.69, 9.17) is 9.97 Å². The van der Waals surface area contributed by atoms with Gasteiger partial charge in [0.15, 0.2) is 0 Å². The maximum Gasteiger partial charge on any atom is 0.0972 e. The van der Waals surface area contributed by atoms with Crippen molar-refractivity contribution in [1.82, 2.24) is 20.6 Å². The molecule has 2 aromatic heterocycles. The zero-order chi connectivity index (χ0) is 39.7. The Labute approximate surface area is 348 Å². The van der Waals surface area contributed by atoms with Crippen LogP contribution in [0.2, 0.25) is 0 Å². The molecular formula is C56H38N4. The lowest BCUT2D eigenvalue weighted by atomic mass is 9.89. The van der Waals surface area contributed by atoms with Crippen molar-refractivity contribution >= 4 is 65.4 Å². The van der Waals surface area contributed by atoms with Gasteiger partial charge in [-0.1, -0.05) is 158 Å². The van der Waals surface area contributed by atoms with Crippen LogP contribution in [0, 0.1) is 6.92 Å². The van der Waals surface area contributed by atoms with Gasteiger partial charge in [0.2, 0.25) is 0 Å². The maximum atomic E-state index is 5.30. The van der Waals surface area contributed by atoms with E-state index in [9.17, 15) is 0 Å². The Hall–Kier alpha value is -7.82. The van der Waals surface area contributed by atoms with Crippen molar-refractivity contribution in [1.29, 1.82) is 0 Å². The molecule has 1 unspecified atom stereocenters. The number of rotatable bonds is 4. The Bertz CT molecular complexity index is 3500. The zero-order valence-electron chi connectivity index (χ0n) is 32.9. The van der Waals surface area contributed by atoms with Crippen molar-refractivity contribution in [2.24, 2.45) is 0 Å². The molecule has 282 valence electrons. The number of allylic oxidation sites excluding steroid dienone is 7. The van der Waals surface area contributed by atoms with Crippen LogP contribution in [0.5, 0.6) is 0 Å². The Morgan fingerprint density at radius 2 is 1.15 bits per heavy atom. The van der Waals surface area contributed by atoms with E-state index in [-0.39, 0.29) is 6.04 Å². The summed E-state index contributed by atoms with van der Waals surface area (Å²) in [6, 6.07) is 54.2. The van der Waals surface area contributed by atoms with E-state index in [1.165, 1.54) is 54.8 Å². The van der Waals surface area contributed by atoms with E-state index < -0.39 is 0 Å². The molecule has 3 aliphatic rings. The summed E-state index contributed by atoms with van der Waals surface area (Å²) in [5.74, 6) is 0. The normalized spacial score (nSPS) is 15.9. The van der Waals surface area contributed by atoms with Crippen molar-refractivity contribution in [2.45, 2.75) is 13.0 Å². The summed E-state index contributed by atoms with van der Waals surface area (Å²) in [4.78, 5) is 10.6. The Morgan fingerprint density at radius 1 is 0.500 bits per heavy atom. The highest BCUT2D eigenvalue weighted by Crippen LogP contribution is 2.36. The van der Waals surface area contributed by atoms with Gasteiger partial charge in [-0.05, 0) is 103 Å². The molecule has 2 aliphatic heterocycles. The molecule has 7 aromatic carbocycles. The molecule has 12 rings (SSSR count).